The normalized spacial score (nSPS) is 19.0. The molecular weight excluding hydrogens is 319 g/mol. The SMILES string of the molecule is O=C(Cc1c[nH]c2ccccc12)NCC1CCN(CC(F)(F)F)C1. The van der Waals surface area contributed by atoms with E-state index in [2.05, 4.69) is 10.3 Å². The number of nitrogens with one attached hydrogen (secondary N) is 2. The maximum Gasteiger partial charge on any atom is 0.401 e. The Morgan fingerprint density at radius 3 is 2.92 bits per heavy atom. The van der Waals surface area contributed by atoms with Crippen LogP contribution in [0, 0.1) is 5.92 Å². The first kappa shape index (κ1) is 16.8. The number of fused-ring (bicyclic) bond motifs is 1. The predicted octanol–water partition coefficient (Wildman–Crippen LogP) is 2.71. The van der Waals surface area contributed by atoms with E-state index in [1.54, 1.807) is 0 Å². The summed E-state index contributed by atoms with van der Waals surface area (Å²) in [5.74, 6) is -0.0201. The lowest BCUT2D eigenvalue weighted by Crippen LogP contribution is -2.35. The first-order valence-electron chi connectivity index (χ1n) is 8.01. The second-order valence-corrected chi connectivity index (χ2v) is 6.35. The highest BCUT2D eigenvalue weighted by Crippen LogP contribution is 2.22. The monoisotopic (exact) mass is 339 g/mol. The third-order valence-corrected chi connectivity index (χ3v) is 4.39. The highest BCUT2D eigenvalue weighted by atomic mass is 19.4. The number of alkyl halides is 3. The molecule has 1 aliphatic rings. The number of hydrogen-bond acceptors (Lipinski definition) is 2. The van der Waals surface area contributed by atoms with Crippen LogP contribution in [0.15, 0.2) is 30.5 Å². The van der Waals surface area contributed by atoms with E-state index in [4.69, 9.17) is 0 Å². The maximum absolute atomic E-state index is 12.4. The zero-order chi connectivity index (χ0) is 17.2. The summed E-state index contributed by atoms with van der Waals surface area (Å²) in [7, 11) is 0. The first-order valence-corrected chi connectivity index (χ1v) is 8.01. The third kappa shape index (κ3) is 4.29. The molecule has 1 atom stereocenters. The van der Waals surface area contributed by atoms with Gasteiger partial charge in [-0.25, -0.2) is 0 Å². The fraction of sp³-hybridized carbons (Fsp3) is 0.471. The minimum Gasteiger partial charge on any atom is -0.361 e. The summed E-state index contributed by atoms with van der Waals surface area (Å²) in [4.78, 5) is 16.6. The number of carbonyl (C=O) groups is 1. The average molecular weight is 339 g/mol. The number of nitrogens with zero attached hydrogens (tertiary/aromatic N) is 1. The predicted molar refractivity (Wildman–Crippen MR) is 85.6 cm³/mol. The van der Waals surface area contributed by atoms with Gasteiger partial charge in [0.05, 0.1) is 13.0 Å². The van der Waals surface area contributed by atoms with Crippen LogP contribution in [0.4, 0.5) is 13.2 Å². The van der Waals surface area contributed by atoms with E-state index in [0.717, 1.165) is 16.5 Å². The molecule has 2 N–H and O–H groups in total. The summed E-state index contributed by atoms with van der Waals surface area (Å²) in [5.41, 5.74) is 1.91. The standard InChI is InChI=1S/C17H20F3N3O/c18-17(19,20)11-23-6-5-12(10-23)8-22-16(24)7-13-9-21-15-4-2-1-3-14(13)15/h1-4,9,12,21H,5-8,10-11H2,(H,22,24). The molecule has 0 aliphatic carbocycles. The van der Waals surface area contributed by atoms with Gasteiger partial charge in [0.1, 0.15) is 0 Å². The Kier molecular flexibility index (Phi) is 4.80. The number of carbonyl (C=O) groups excluding carboxylic acids is 1. The maximum atomic E-state index is 12.4. The number of aromatic amines is 1. The van der Waals surface area contributed by atoms with Gasteiger partial charge in [-0.1, -0.05) is 18.2 Å². The lowest BCUT2D eigenvalue weighted by Gasteiger charge is -2.18. The zero-order valence-electron chi connectivity index (χ0n) is 13.2. The van der Waals surface area contributed by atoms with Crippen molar-refractivity contribution < 1.29 is 18.0 Å². The molecule has 2 aromatic rings. The molecule has 1 unspecified atom stereocenters. The molecular formula is C17H20F3N3O. The van der Waals surface area contributed by atoms with Crippen molar-refractivity contribution in [2.45, 2.75) is 19.0 Å². The molecule has 2 heterocycles. The lowest BCUT2D eigenvalue weighted by atomic mass is 10.1. The number of benzene rings is 1. The fourth-order valence-electron chi connectivity index (χ4n) is 3.25. The zero-order valence-corrected chi connectivity index (χ0v) is 13.2. The Morgan fingerprint density at radius 1 is 1.33 bits per heavy atom. The number of aromatic nitrogens is 1. The number of rotatable bonds is 5. The van der Waals surface area contributed by atoms with Gasteiger partial charge < -0.3 is 10.3 Å². The second kappa shape index (κ2) is 6.84. The first-order chi connectivity index (χ1) is 11.4. The van der Waals surface area contributed by atoms with Crippen LogP contribution in [0.25, 0.3) is 10.9 Å². The topological polar surface area (TPSA) is 48.1 Å². The molecule has 24 heavy (non-hydrogen) atoms. The van der Waals surface area contributed by atoms with Gasteiger partial charge in [0.15, 0.2) is 0 Å². The Hall–Kier alpha value is -2.02. The van der Waals surface area contributed by atoms with Crippen LogP contribution in [0.1, 0.15) is 12.0 Å². The van der Waals surface area contributed by atoms with Gasteiger partial charge >= 0.3 is 6.18 Å². The van der Waals surface area contributed by atoms with Crippen LogP contribution in [0.2, 0.25) is 0 Å². The van der Waals surface area contributed by atoms with Crippen LogP contribution in [0.3, 0.4) is 0 Å². The third-order valence-electron chi connectivity index (χ3n) is 4.39. The number of hydrogen-bond donors (Lipinski definition) is 2. The van der Waals surface area contributed by atoms with Crippen molar-refractivity contribution >= 4 is 16.8 Å². The van der Waals surface area contributed by atoms with Crippen molar-refractivity contribution in [3.8, 4) is 0 Å². The molecule has 0 spiro atoms. The lowest BCUT2D eigenvalue weighted by molar-refractivity contribution is -0.143. The Morgan fingerprint density at radius 2 is 2.12 bits per heavy atom. The molecule has 7 heteroatoms. The minimum absolute atomic E-state index is 0.0827. The van der Waals surface area contributed by atoms with Crippen LogP contribution in [0.5, 0.6) is 0 Å². The molecule has 0 radical (unpaired) electrons. The quantitative estimate of drug-likeness (QED) is 0.880. The molecule has 1 fully saturated rings. The summed E-state index contributed by atoms with van der Waals surface area (Å²) >= 11 is 0. The molecule has 1 aromatic carbocycles. The van der Waals surface area contributed by atoms with E-state index in [-0.39, 0.29) is 18.2 Å². The van der Waals surface area contributed by atoms with Gasteiger partial charge in [0.2, 0.25) is 5.91 Å². The van der Waals surface area contributed by atoms with E-state index in [1.165, 1.54) is 4.90 Å². The van der Waals surface area contributed by atoms with Gasteiger partial charge in [-0.05, 0) is 30.5 Å². The van der Waals surface area contributed by atoms with Gasteiger partial charge in [-0.3, -0.25) is 9.69 Å². The molecule has 1 saturated heterocycles. The van der Waals surface area contributed by atoms with E-state index in [1.807, 2.05) is 30.5 Å². The minimum atomic E-state index is -4.16. The molecule has 4 nitrogen and oxygen atoms in total. The summed E-state index contributed by atoms with van der Waals surface area (Å²) in [6, 6.07) is 7.76. The van der Waals surface area contributed by atoms with Crippen molar-refractivity contribution in [2.75, 3.05) is 26.2 Å². The van der Waals surface area contributed by atoms with E-state index in [9.17, 15) is 18.0 Å². The van der Waals surface area contributed by atoms with Gasteiger partial charge in [0, 0.05) is 30.2 Å². The molecule has 1 aliphatic heterocycles. The number of amides is 1. The van der Waals surface area contributed by atoms with Crippen LogP contribution in [-0.2, 0) is 11.2 Å². The Balaban J connectivity index is 1.46. The number of para-hydroxylation sites is 1. The van der Waals surface area contributed by atoms with Crippen molar-refractivity contribution in [1.82, 2.24) is 15.2 Å². The summed E-state index contributed by atoms with van der Waals surface area (Å²) < 4.78 is 37.1. The second-order valence-electron chi connectivity index (χ2n) is 6.35. The summed E-state index contributed by atoms with van der Waals surface area (Å²) in [6.45, 7) is 0.373. The molecule has 1 amide bonds. The molecule has 3 rings (SSSR count). The molecule has 0 bridgehead atoms. The number of halogens is 3. The van der Waals surface area contributed by atoms with Crippen molar-refractivity contribution in [3.63, 3.8) is 0 Å². The number of likely N-dealkylation sites (tertiary alicyclic amines) is 1. The van der Waals surface area contributed by atoms with Crippen molar-refractivity contribution in [1.29, 1.82) is 0 Å². The number of H-pyrrole nitrogens is 1. The van der Waals surface area contributed by atoms with E-state index < -0.39 is 12.7 Å². The molecule has 130 valence electrons. The van der Waals surface area contributed by atoms with Crippen molar-refractivity contribution in [2.24, 2.45) is 5.92 Å². The highest BCUT2D eigenvalue weighted by molar-refractivity contribution is 5.88. The molecule has 0 saturated carbocycles. The largest absolute Gasteiger partial charge is 0.401 e. The smallest absolute Gasteiger partial charge is 0.361 e. The summed E-state index contributed by atoms with van der Waals surface area (Å²) in [6.07, 6.45) is -1.38. The van der Waals surface area contributed by atoms with Crippen LogP contribution >= 0.6 is 0 Å². The van der Waals surface area contributed by atoms with Gasteiger partial charge in [0.25, 0.3) is 0 Å². The Labute approximate surface area is 138 Å². The van der Waals surface area contributed by atoms with Gasteiger partial charge in [-0.15, -0.1) is 0 Å². The molecule has 1 aromatic heterocycles. The fourth-order valence-corrected chi connectivity index (χ4v) is 3.25. The average Bonchev–Trinajstić information content (AvgIpc) is 3.11. The van der Waals surface area contributed by atoms with E-state index >= 15 is 0 Å². The van der Waals surface area contributed by atoms with Crippen molar-refractivity contribution in [3.05, 3.63) is 36.0 Å². The highest BCUT2D eigenvalue weighted by Gasteiger charge is 2.34. The van der Waals surface area contributed by atoms with Gasteiger partial charge in [-0.2, -0.15) is 13.2 Å². The Bertz CT molecular complexity index is 710. The van der Waals surface area contributed by atoms with Crippen LogP contribution in [-0.4, -0.2) is 48.1 Å². The van der Waals surface area contributed by atoms with Crippen LogP contribution < -0.4 is 5.32 Å². The van der Waals surface area contributed by atoms with E-state index in [0.29, 0.717) is 26.1 Å². The summed E-state index contributed by atoms with van der Waals surface area (Å²) in [5, 5.41) is 3.87.